The zero-order chi connectivity index (χ0) is 17.0. The van der Waals surface area contributed by atoms with Crippen molar-refractivity contribution in [1.29, 1.82) is 0 Å². The minimum atomic E-state index is -0.0455. The van der Waals surface area contributed by atoms with Crippen LogP contribution in [0.25, 0.3) is 0 Å². The highest BCUT2D eigenvalue weighted by atomic mass is 16.2. The molecule has 2 rings (SSSR count). The molecule has 1 heterocycles. The molecule has 0 saturated carbocycles. The monoisotopic (exact) mass is 323 g/mol. The number of unbranched alkanes of at least 4 members (excludes halogenated alkanes) is 4. The summed E-state index contributed by atoms with van der Waals surface area (Å²) in [5.74, 6) is -0.0455. The molecule has 1 N–H and O–H groups in total. The highest BCUT2D eigenvalue weighted by Crippen LogP contribution is 2.09. The Morgan fingerprint density at radius 2 is 1.75 bits per heavy atom. The van der Waals surface area contributed by atoms with Gasteiger partial charge in [-0.3, -0.25) is 9.78 Å². The molecular formula is C20H25N3O. The minimum Gasteiger partial charge on any atom is -0.273 e. The molecule has 0 fully saturated rings. The average molecular weight is 323 g/mol. The Morgan fingerprint density at radius 1 is 1.00 bits per heavy atom. The third-order valence-corrected chi connectivity index (χ3v) is 3.75. The topological polar surface area (TPSA) is 54.4 Å². The standard InChI is InChI=1S/C20H25N3O/c1-2-3-4-5-9-15-19(24)22-23-20(17-12-7-6-8-13-17)18-14-10-11-16-21-18/h6-8,10-14,16H,2-5,9,15H2,1H3,(H,22,24). The first-order valence-corrected chi connectivity index (χ1v) is 8.64. The number of hydrazone groups is 1. The van der Waals surface area contributed by atoms with Gasteiger partial charge in [-0.2, -0.15) is 5.10 Å². The lowest BCUT2D eigenvalue weighted by Gasteiger charge is -2.07. The van der Waals surface area contributed by atoms with E-state index in [0.29, 0.717) is 12.1 Å². The first kappa shape index (κ1) is 17.9. The molecule has 1 aromatic heterocycles. The van der Waals surface area contributed by atoms with Crippen molar-refractivity contribution in [2.75, 3.05) is 0 Å². The van der Waals surface area contributed by atoms with Gasteiger partial charge in [0.05, 0.1) is 5.69 Å². The van der Waals surface area contributed by atoms with Crippen LogP contribution in [-0.4, -0.2) is 16.6 Å². The number of amides is 1. The van der Waals surface area contributed by atoms with Crippen molar-refractivity contribution in [2.24, 2.45) is 5.10 Å². The van der Waals surface area contributed by atoms with E-state index in [2.05, 4.69) is 22.4 Å². The molecule has 2 aromatic rings. The van der Waals surface area contributed by atoms with Crippen molar-refractivity contribution >= 4 is 11.6 Å². The van der Waals surface area contributed by atoms with Crippen LogP contribution in [0.15, 0.2) is 59.8 Å². The molecule has 0 bridgehead atoms. The summed E-state index contributed by atoms with van der Waals surface area (Å²) in [6, 6.07) is 15.4. The SMILES string of the molecule is CCCCCCCC(=O)NN=C(c1ccccc1)c1ccccn1. The lowest BCUT2D eigenvalue weighted by molar-refractivity contribution is -0.121. The van der Waals surface area contributed by atoms with Crippen molar-refractivity contribution in [3.8, 4) is 0 Å². The van der Waals surface area contributed by atoms with Crippen LogP contribution in [0, 0.1) is 0 Å². The molecule has 4 nitrogen and oxygen atoms in total. The Balaban J connectivity index is 2.00. The Hall–Kier alpha value is -2.49. The predicted octanol–water partition coefficient (Wildman–Crippen LogP) is 4.31. The van der Waals surface area contributed by atoms with Gasteiger partial charge in [-0.05, 0) is 18.6 Å². The summed E-state index contributed by atoms with van der Waals surface area (Å²) in [4.78, 5) is 16.4. The van der Waals surface area contributed by atoms with E-state index in [-0.39, 0.29) is 5.91 Å². The molecule has 0 spiro atoms. The quantitative estimate of drug-likeness (QED) is 0.425. The number of nitrogens with one attached hydrogen (secondary N) is 1. The van der Waals surface area contributed by atoms with Gasteiger partial charge in [-0.25, -0.2) is 5.43 Å². The maximum atomic E-state index is 12.0. The van der Waals surface area contributed by atoms with Crippen molar-refractivity contribution < 1.29 is 4.79 Å². The van der Waals surface area contributed by atoms with Crippen LogP contribution in [0.3, 0.4) is 0 Å². The van der Waals surface area contributed by atoms with E-state index in [4.69, 9.17) is 0 Å². The number of carbonyl (C=O) groups excluding carboxylic acids is 1. The van der Waals surface area contributed by atoms with Crippen molar-refractivity contribution in [1.82, 2.24) is 10.4 Å². The number of aromatic nitrogens is 1. The normalized spacial score (nSPS) is 11.3. The number of rotatable bonds is 9. The zero-order valence-corrected chi connectivity index (χ0v) is 14.2. The number of nitrogens with zero attached hydrogens (tertiary/aromatic N) is 2. The fourth-order valence-electron chi connectivity index (χ4n) is 2.43. The van der Waals surface area contributed by atoms with Gasteiger partial charge < -0.3 is 0 Å². The van der Waals surface area contributed by atoms with Crippen LogP contribution in [0.2, 0.25) is 0 Å². The smallest absolute Gasteiger partial charge is 0.240 e. The molecule has 4 heteroatoms. The van der Waals surface area contributed by atoms with E-state index < -0.39 is 0 Å². The van der Waals surface area contributed by atoms with E-state index in [1.807, 2.05) is 48.5 Å². The first-order chi connectivity index (χ1) is 11.8. The molecule has 0 aliphatic carbocycles. The number of hydrogen-bond acceptors (Lipinski definition) is 3. The molecule has 126 valence electrons. The molecule has 0 radical (unpaired) electrons. The molecule has 0 aliphatic heterocycles. The van der Waals surface area contributed by atoms with Gasteiger partial charge in [0.25, 0.3) is 0 Å². The Labute approximate surface area is 144 Å². The molecule has 0 aliphatic rings. The molecule has 0 saturated heterocycles. The summed E-state index contributed by atoms with van der Waals surface area (Å²) >= 11 is 0. The lowest BCUT2D eigenvalue weighted by Crippen LogP contribution is -2.20. The summed E-state index contributed by atoms with van der Waals surface area (Å²) in [5, 5.41) is 4.33. The van der Waals surface area contributed by atoms with Crippen LogP contribution < -0.4 is 5.43 Å². The summed E-state index contributed by atoms with van der Waals surface area (Å²) < 4.78 is 0. The highest BCUT2D eigenvalue weighted by molar-refractivity contribution is 6.11. The fourth-order valence-corrected chi connectivity index (χ4v) is 2.43. The predicted molar refractivity (Wildman–Crippen MR) is 97.8 cm³/mol. The number of benzene rings is 1. The lowest BCUT2D eigenvalue weighted by atomic mass is 10.1. The maximum Gasteiger partial charge on any atom is 0.240 e. The van der Waals surface area contributed by atoms with Crippen LogP contribution in [-0.2, 0) is 4.79 Å². The molecule has 0 atom stereocenters. The van der Waals surface area contributed by atoms with Gasteiger partial charge in [0.2, 0.25) is 5.91 Å². The molecule has 24 heavy (non-hydrogen) atoms. The Morgan fingerprint density at radius 3 is 2.46 bits per heavy atom. The van der Waals surface area contributed by atoms with E-state index in [0.717, 1.165) is 24.1 Å². The van der Waals surface area contributed by atoms with Gasteiger partial charge in [0.15, 0.2) is 0 Å². The van der Waals surface area contributed by atoms with Crippen LogP contribution in [0.5, 0.6) is 0 Å². The third kappa shape index (κ3) is 5.95. The van der Waals surface area contributed by atoms with Gasteiger partial charge in [0, 0.05) is 18.2 Å². The molecule has 1 aromatic carbocycles. The van der Waals surface area contributed by atoms with Gasteiger partial charge in [0.1, 0.15) is 5.71 Å². The highest BCUT2D eigenvalue weighted by Gasteiger charge is 2.09. The third-order valence-electron chi connectivity index (χ3n) is 3.75. The van der Waals surface area contributed by atoms with Crippen LogP contribution >= 0.6 is 0 Å². The van der Waals surface area contributed by atoms with E-state index in [1.54, 1.807) is 6.20 Å². The van der Waals surface area contributed by atoms with E-state index >= 15 is 0 Å². The second-order valence-corrected chi connectivity index (χ2v) is 5.74. The first-order valence-electron chi connectivity index (χ1n) is 8.64. The van der Waals surface area contributed by atoms with Crippen LogP contribution in [0.1, 0.15) is 56.7 Å². The van der Waals surface area contributed by atoms with Gasteiger partial charge in [-0.1, -0.05) is 69.0 Å². The number of carbonyl (C=O) groups is 1. The second kappa shape index (κ2) is 10.3. The molecule has 0 unspecified atom stereocenters. The van der Waals surface area contributed by atoms with Gasteiger partial charge >= 0.3 is 0 Å². The van der Waals surface area contributed by atoms with E-state index in [9.17, 15) is 4.79 Å². The summed E-state index contributed by atoms with van der Waals surface area (Å²) in [7, 11) is 0. The van der Waals surface area contributed by atoms with Crippen LogP contribution in [0.4, 0.5) is 0 Å². The van der Waals surface area contributed by atoms with Crippen molar-refractivity contribution in [2.45, 2.75) is 45.4 Å². The minimum absolute atomic E-state index is 0.0455. The average Bonchev–Trinajstić information content (AvgIpc) is 2.63. The van der Waals surface area contributed by atoms with Gasteiger partial charge in [-0.15, -0.1) is 0 Å². The largest absolute Gasteiger partial charge is 0.273 e. The Kier molecular flexibility index (Phi) is 7.68. The molecular weight excluding hydrogens is 298 g/mol. The molecule has 1 amide bonds. The second-order valence-electron chi connectivity index (χ2n) is 5.74. The zero-order valence-electron chi connectivity index (χ0n) is 14.2. The summed E-state index contributed by atoms with van der Waals surface area (Å²) in [6.07, 6.45) is 7.87. The Bertz CT molecular complexity index is 597. The number of hydrogen-bond donors (Lipinski definition) is 1. The van der Waals surface area contributed by atoms with Crippen molar-refractivity contribution in [3.05, 3.63) is 66.0 Å². The summed E-state index contributed by atoms with van der Waals surface area (Å²) in [5.41, 5.74) is 5.03. The summed E-state index contributed by atoms with van der Waals surface area (Å²) in [6.45, 7) is 2.18. The fraction of sp³-hybridized carbons (Fsp3) is 0.350. The van der Waals surface area contributed by atoms with Crippen molar-refractivity contribution in [3.63, 3.8) is 0 Å². The number of pyridine rings is 1. The van der Waals surface area contributed by atoms with E-state index in [1.165, 1.54) is 19.3 Å². The maximum absolute atomic E-state index is 12.0.